The second-order valence-corrected chi connectivity index (χ2v) is 7.61. The molecule has 1 saturated heterocycles. The van der Waals surface area contributed by atoms with E-state index in [9.17, 15) is 14.4 Å². The van der Waals surface area contributed by atoms with Crippen LogP contribution >= 0.6 is 11.6 Å². The average molecular weight is 434 g/mol. The SMILES string of the molecule is O=C(Nc1ccc(Cl)cc1)c1ccc(CN2CCN(c3ccccc3)C(=O)C2=O)cc1. The Morgan fingerprint density at radius 3 is 2.19 bits per heavy atom. The number of nitrogens with zero attached hydrogens (tertiary/aromatic N) is 2. The molecule has 3 amide bonds. The van der Waals surface area contributed by atoms with Gasteiger partial charge in [0.15, 0.2) is 0 Å². The van der Waals surface area contributed by atoms with E-state index >= 15 is 0 Å². The van der Waals surface area contributed by atoms with Crippen molar-refractivity contribution >= 4 is 40.7 Å². The largest absolute Gasteiger partial charge is 0.328 e. The van der Waals surface area contributed by atoms with E-state index in [1.165, 1.54) is 9.80 Å². The van der Waals surface area contributed by atoms with Crippen LogP contribution < -0.4 is 10.2 Å². The molecule has 0 aliphatic carbocycles. The highest BCUT2D eigenvalue weighted by molar-refractivity contribution is 6.40. The Morgan fingerprint density at radius 1 is 0.839 bits per heavy atom. The lowest BCUT2D eigenvalue weighted by atomic mass is 10.1. The summed E-state index contributed by atoms with van der Waals surface area (Å²) < 4.78 is 0. The van der Waals surface area contributed by atoms with Gasteiger partial charge in [0.1, 0.15) is 0 Å². The summed E-state index contributed by atoms with van der Waals surface area (Å²) in [6, 6.07) is 23.0. The van der Waals surface area contributed by atoms with Crippen molar-refractivity contribution in [1.29, 1.82) is 0 Å². The molecule has 0 unspecified atom stereocenters. The molecule has 0 bridgehead atoms. The fraction of sp³-hybridized carbons (Fsp3) is 0.125. The van der Waals surface area contributed by atoms with Crippen LogP contribution in [0.2, 0.25) is 5.02 Å². The van der Waals surface area contributed by atoms with E-state index in [0.29, 0.717) is 35.9 Å². The van der Waals surface area contributed by atoms with Crippen LogP contribution in [0.5, 0.6) is 0 Å². The van der Waals surface area contributed by atoms with Crippen molar-refractivity contribution in [1.82, 2.24) is 4.90 Å². The van der Waals surface area contributed by atoms with Crippen LogP contribution in [0, 0.1) is 0 Å². The van der Waals surface area contributed by atoms with Gasteiger partial charge in [-0.15, -0.1) is 0 Å². The molecule has 0 saturated carbocycles. The van der Waals surface area contributed by atoms with Gasteiger partial charge in [-0.1, -0.05) is 41.9 Å². The first-order chi connectivity index (χ1) is 15.0. The maximum atomic E-state index is 12.6. The summed E-state index contributed by atoms with van der Waals surface area (Å²) in [6.45, 7) is 1.20. The van der Waals surface area contributed by atoms with Crippen LogP contribution in [-0.2, 0) is 16.1 Å². The van der Waals surface area contributed by atoms with Crippen LogP contribution in [-0.4, -0.2) is 35.7 Å². The Bertz CT molecular complexity index is 1100. The van der Waals surface area contributed by atoms with Gasteiger partial charge in [-0.05, 0) is 54.1 Å². The molecule has 0 aromatic heterocycles. The smallest absolute Gasteiger partial charge is 0.316 e. The van der Waals surface area contributed by atoms with E-state index in [4.69, 9.17) is 11.6 Å². The number of carbonyl (C=O) groups excluding carboxylic acids is 3. The van der Waals surface area contributed by atoms with Gasteiger partial charge >= 0.3 is 11.8 Å². The third kappa shape index (κ3) is 4.75. The number of benzene rings is 3. The number of nitrogens with one attached hydrogen (secondary N) is 1. The zero-order chi connectivity index (χ0) is 21.8. The molecule has 3 aromatic carbocycles. The van der Waals surface area contributed by atoms with Crippen LogP contribution in [0.3, 0.4) is 0 Å². The van der Waals surface area contributed by atoms with Crippen molar-refractivity contribution in [2.45, 2.75) is 6.54 Å². The molecule has 0 atom stereocenters. The lowest BCUT2D eigenvalue weighted by Gasteiger charge is -2.33. The minimum Gasteiger partial charge on any atom is -0.328 e. The van der Waals surface area contributed by atoms with E-state index in [1.54, 1.807) is 48.5 Å². The van der Waals surface area contributed by atoms with Crippen LogP contribution in [0.15, 0.2) is 78.9 Å². The predicted molar refractivity (Wildman–Crippen MR) is 120 cm³/mol. The standard InChI is InChI=1S/C24H20ClN3O3/c25-19-10-12-20(13-11-19)26-22(29)18-8-6-17(7-9-18)16-27-14-15-28(24(31)23(27)30)21-4-2-1-3-5-21/h1-13H,14-16H2,(H,26,29). The van der Waals surface area contributed by atoms with Gasteiger partial charge in [0, 0.05) is 41.6 Å². The molecular weight excluding hydrogens is 414 g/mol. The van der Waals surface area contributed by atoms with Crippen molar-refractivity contribution in [3.63, 3.8) is 0 Å². The first-order valence-electron chi connectivity index (χ1n) is 9.83. The Hall–Kier alpha value is -3.64. The molecule has 1 N–H and O–H groups in total. The minimum atomic E-state index is -0.531. The number of amides is 3. The summed E-state index contributed by atoms with van der Waals surface area (Å²) in [5.74, 6) is -1.30. The minimum absolute atomic E-state index is 0.239. The van der Waals surface area contributed by atoms with E-state index < -0.39 is 11.8 Å². The number of hydrogen-bond donors (Lipinski definition) is 1. The molecule has 1 fully saturated rings. The fourth-order valence-electron chi connectivity index (χ4n) is 3.40. The molecule has 1 aliphatic rings. The number of halogens is 1. The zero-order valence-corrected chi connectivity index (χ0v) is 17.4. The van der Waals surface area contributed by atoms with Crippen LogP contribution in [0.1, 0.15) is 15.9 Å². The topological polar surface area (TPSA) is 69.7 Å². The Labute approximate surface area is 185 Å². The molecule has 156 valence electrons. The van der Waals surface area contributed by atoms with Crippen LogP contribution in [0.4, 0.5) is 11.4 Å². The summed E-state index contributed by atoms with van der Waals surface area (Å²) in [5, 5.41) is 3.40. The van der Waals surface area contributed by atoms with Crippen molar-refractivity contribution in [2.75, 3.05) is 23.3 Å². The van der Waals surface area contributed by atoms with E-state index in [1.807, 2.05) is 30.3 Å². The van der Waals surface area contributed by atoms with Crippen LogP contribution in [0.25, 0.3) is 0 Å². The lowest BCUT2D eigenvalue weighted by molar-refractivity contribution is -0.146. The first-order valence-corrected chi connectivity index (χ1v) is 10.2. The van der Waals surface area contributed by atoms with E-state index in [0.717, 1.165) is 11.3 Å². The second kappa shape index (κ2) is 9.02. The number of rotatable bonds is 5. The average Bonchev–Trinajstić information content (AvgIpc) is 2.79. The number of anilines is 2. The number of hydrogen-bond acceptors (Lipinski definition) is 3. The molecule has 0 radical (unpaired) electrons. The maximum Gasteiger partial charge on any atom is 0.316 e. The summed E-state index contributed by atoms with van der Waals surface area (Å²) in [5.41, 5.74) is 2.71. The molecular formula is C24H20ClN3O3. The van der Waals surface area contributed by atoms with Gasteiger partial charge in [-0.25, -0.2) is 0 Å². The highest BCUT2D eigenvalue weighted by atomic mass is 35.5. The van der Waals surface area contributed by atoms with E-state index in [-0.39, 0.29) is 5.91 Å². The monoisotopic (exact) mass is 433 g/mol. The van der Waals surface area contributed by atoms with Gasteiger partial charge in [0.25, 0.3) is 5.91 Å². The number of piperazine rings is 1. The van der Waals surface area contributed by atoms with Crippen molar-refractivity contribution in [3.8, 4) is 0 Å². The van der Waals surface area contributed by atoms with Gasteiger partial charge in [0.05, 0.1) is 0 Å². The number of para-hydroxylation sites is 1. The number of carbonyl (C=O) groups is 3. The predicted octanol–water partition coefficient (Wildman–Crippen LogP) is 3.97. The highest BCUT2D eigenvalue weighted by Gasteiger charge is 2.33. The lowest BCUT2D eigenvalue weighted by Crippen LogP contribution is -2.54. The highest BCUT2D eigenvalue weighted by Crippen LogP contribution is 2.19. The first kappa shape index (κ1) is 20.6. The summed E-state index contributed by atoms with van der Waals surface area (Å²) in [6.07, 6.45) is 0. The van der Waals surface area contributed by atoms with Crippen molar-refractivity contribution in [3.05, 3.63) is 95.0 Å². The molecule has 4 rings (SSSR count). The third-order valence-electron chi connectivity index (χ3n) is 5.07. The molecule has 3 aromatic rings. The molecule has 1 aliphatic heterocycles. The Morgan fingerprint density at radius 2 is 1.52 bits per heavy atom. The molecule has 1 heterocycles. The quantitative estimate of drug-likeness (QED) is 0.619. The summed E-state index contributed by atoms with van der Waals surface area (Å²) >= 11 is 5.86. The Kier molecular flexibility index (Phi) is 6.00. The van der Waals surface area contributed by atoms with Crippen molar-refractivity contribution in [2.24, 2.45) is 0 Å². The van der Waals surface area contributed by atoms with Crippen molar-refractivity contribution < 1.29 is 14.4 Å². The normalized spacial score (nSPS) is 14.0. The second-order valence-electron chi connectivity index (χ2n) is 7.18. The van der Waals surface area contributed by atoms with Gasteiger partial charge < -0.3 is 15.1 Å². The van der Waals surface area contributed by atoms with Gasteiger partial charge in [-0.3, -0.25) is 14.4 Å². The molecule has 0 spiro atoms. The van der Waals surface area contributed by atoms with E-state index in [2.05, 4.69) is 5.32 Å². The molecule has 7 heteroatoms. The molecule has 6 nitrogen and oxygen atoms in total. The zero-order valence-electron chi connectivity index (χ0n) is 16.6. The summed E-state index contributed by atoms with van der Waals surface area (Å²) in [7, 11) is 0. The van der Waals surface area contributed by atoms with Gasteiger partial charge in [-0.2, -0.15) is 0 Å². The summed E-state index contributed by atoms with van der Waals surface area (Å²) in [4.78, 5) is 40.6. The maximum absolute atomic E-state index is 12.6. The fourth-order valence-corrected chi connectivity index (χ4v) is 3.52. The molecule has 31 heavy (non-hydrogen) atoms. The van der Waals surface area contributed by atoms with Gasteiger partial charge in [0.2, 0.25) is 0 Å². The third-order valence-corrected chi connectivity index (χ3v) is 5.32. The Balaban J connectivity index is 1.38.